The minimum atomic E-state index is -2.32. The lowest BCUT2D eigenvalue weighted by molar-refractivity contribution is -0.114. The van der Waals surface area contributed by atoms with Gasteiger partial charge in [-0.3, -0.25) is 4.79 Å². The molecule has 0 N–H and O–H groups in total. The number of carbonyl (C=O) groups is 1. The number of ether oxygens (including phenoxy) is 1. The van der Waals surface area contributed by atoms with Gasteiger partial charge in [0.25, 0.3) is 5.91 Å². The summed E-state index contributed by atoms with van der Waals surface area (Å²) < 4.78 is 75.4. The first-order valence-electron chi connectivity index (χ1n) is 9.78. The standard InChI is InChI=1S/C24H14BrF5N2O2/c1-12-17(24(33)32(31-12)23-21(29)19(27)18(26)20(28)22(23)30)10-13-4-8-16(9-5-13)34-11-14-2-6-15(25)7-3-14/h2-10H,11H2,1H3/b17-10+. The first-order chi connectivity index (χ1) is 16.2. The van der Waals surface area contributed by atoms with Crippen LogP contribution in [0.2, 0.25) is 0 Å². The van der Waals surface area contributed by atoms with Crippen LogP contribution in [0.25, 0.3) is 6.08 Å². The molecule has 1 aliphatic heterocycles. The number of nitrogens with zero attached hydrogens (tertiary/aromatic N) is 2. The second-order valence-corrected chi connectivity index (χ2v) is 8.18. The monoisotopic (exact) mass is 536 g/mol. The van der Waals surface area contributed by atoms with Crippen molar-refractivity contribution in [3.05, 3.63) is 98.8 Å². The number of hydrazone groups is 1. The van der Waals surface area contributed by atoms with Crippen LogP contribution in [0.15, 0.2) is 63.7 Å². The van der Waals surface area contributed by atoms with E-state index in [-0.39, 0.29) is 16.3 Å². The van der Waals surface area contributed by atoms with Gasteiger partial charge in [-0.25, -0.2) is 22.0 Å². The molecule has 0 aliphatic carbocycles. The van der Waals surface area contributed by atoms with Crippen LogP contribution in [-0.2, 0) is 11.4 Å². The van der Waals surface area contributed by atoms with E-state index in [2.05, 4.69) is 21.0 Å². The molecule has 0 atom stereocenters. The van der Waals surface area contributed by atoms with Gasteiger partial charge in [0.05, 0.1) is 11.3 Å². The van der Waals surface area contributed by atoms with Gasteiger partial charge in [-0.1, -0.05) is 40.2 Å². The maximum Gasteiger partial charge on any atom is 0.280 e. The number of rotatable bonds is 5. The van der Waals surface area contributed by atoms with Gasteiger partial charge < -0.3 is 4.74 Å². The minimum Gasteiger partial charge on any atom is -0.489 e. The third-order valence-corrected chi connectivity index (χ3v) is 5.50. The molecule has 1 heterocycles. The Bertz CT molecular complexity index is 1310. The summed E-state index contributed by atoms with van der Waals surface area (Å²) in [6.45, 7) is 1.72. The molecule has 0 saturated heterocycles. The first kappa shape index (κ1) is 23.6. The smallest absolute Gasteiger partial charge is 0.280 e. The number of hydrogen-bond acceptors (Lipinski definition) is 3. The molecule has 4 nitrogen and oxygen atoms in total. The van der Waals surface area contributed by atoms with Crippen molar-refractivity contribution in [2.24, 2.45) is 5.10 Å². The molecule has 10 heteroatoms. The summed E-state index contributed by atoms with van der Waals surface area (Å²) in [5.41, 5.74) is 0.0528. The van der Waals surface area contributed by atoms with E-state index in [1.807, 2.05) is 24.3 Å². The van der Waals surface area contributed by atoms with E-state index in [0.717, 1.165) is 10.0 Å². The average Bonchev–Trinajstić information content (AvgIpc) is 3.10. The second kappa shape index (κ2) is 9.38. The molecule has 0 unspecified atom stereocenters. The highest BCUT2D eigenvalue weighted by molar-refractivity contribution is 9.10. The Labute approximate surface area is 199 Å². The van der Waals surface area contributed by atoms with E-state index in [1.54, 1.807) is 24.3 Å². The molecule has 0 fully saturated rings. The SMILES string of the molecule is CC1=NN(c2c(F)c(F)c(F)c(F)c2F)C(=O)/C1=C/c1ccc(OCc2ccc(Br)cc2)cc1. The molecule has 4 rings (SSSR count). The van der Waals surface area contributed by atoms with Crippen molar-refractivity contribution in [1.29, 1.82) is 0 Å². The average molecular weight is 537 g/mol. The van der Waals surface area contributed by atoms with Crippen LogP contribution in [-0.4, -0.2) is 11.6 Å². The Morgan fingerprint density at radius 3 is 2.03 bits per heavy atom. The molecule has 0 aromatic heterocycles. The Balaban J connectivity index is 1.54. The molecular weight excluding hydrogens is 523 g/mol. The molecule has 1 amide bonds. The van der Waals surface area contributed by atoms with Crippen LogP contribution in [0.4, 0.5) is 27.6 Å². The molecular formula is C24H14BrF5N2O2. The van der Waals surface area contributed by atoms with Gasteiger partial charge >= 0.3 is 0 Å². The fourth-order valence-electron chi connectivity index (χ4n) is 3.19. The van der Waals surface area contributed by atoms with Gasteiger partial charge in [-0.05, 0) is 48.4 Å². The molecule has 174 valence electrons. The van der Waals surface area contributed by atoms with E-state index in [1.165, 1.54) is 13.0 Å². The summed E-state index contributed by atoms with van der Waals surface area (Å²) in [5, 5.41) is 3.88. The molecule has 0 radical (unpaired) electrons. The lowest BCUT2D eigenvalue weighted by Gasteiger charge is -2.15. The van der Waals surface area contributed by atoms with Crippen molar-refractivity contribution in [1.82, 2.24) is 0 Å². The summed E-state index contributed by atoms with van der Waals surface area (Å²) in [5.74, 6) is -11.4. The van der Waals surface area contributed by atoms with Crippen molar-refractivity contribution in [3.8, 4) is 5.75 Å². The fraction of sp³-hybridized carbons (Fsp3) is 0.0833. The fourth-order valence-corrected chi connectivity index (χ4v) is 3.45. The number of anilines is 1. The Hall–Kier alpha value is -3.53. The first-order valence-corrected chi connectivity index (χ1v) is 10.6. The highest BCUT2D eigenvalue weighted by Gasteiger charge is 2.36. The predicted molar refractivity (Wildman–Crippen MR) is 120 cm³/mol. The normalized spacial score (nSPS) is 14.7. The maximum atomic E-state index is 14.1. The minimum absolute atomic E-state index is 0.0458. The molecule has 0 spiro atoms. The van der Waals surface area contributed by atoms with Crippen LogP contribution in [0.3, 0.4) is 0 Å². The van der Waals surface area contributed by atoms with Gasteiger partial charge in [0.1, 0.15) is 18.0 Å². The van der Waals surface area contributed by atoms with E-state index in [0.29, 0.717) is 17.9 Å². The number of hydrogen-bond donors (Lipinski definition) is 0. The molecule has 34 heavy (non-hydrogen) atoms. The van der Waals surface area contributed by atoms with Crippen molar-refractivity contribution in [3.63, 3.8) is 0 Å². The van der Waals surface area contributed by atoms with Gasteiger partial charge in [-0.15, -0.1) is 0 Å². The largest absolute Gasteiger partial charge is 0.489 e. The maximum absolute atomic E-state index is 14.1. The number of amides is 1. The third kappa shape index (κ3) is 4.45. The van der Waals surface area contributed by atoms with Crippen LogP contribution in [0, 0.1) is 29.1 Å². The Morgan fingerprint density at radius 1 is 0.882 bits per heavy atom. The molecule has 0 saturated carbocycles. The molecule has 1 aliphatic rings. The number of benzene rings is 3. The molecule has 3 aromatic rings. The van der Waals surface area contributed by atoms with E-state index in [9.17, 15) is 26.7 Å². The van der Waals surface area contributed by atoms with Gasteiger partial charge in [0.2, 0.25) is 5.82 Å². The quantitative estimate of drug-likeness (QED) is 0.161. The van der Waals surface area contributed by atoms with Crippen molar-refractivity contribution in [2.75, 3.05) is 5.01 Å². The number of carbonyl (C=O) groups excluding carboxylic acids is 1. The lowest BCUT2D eigenvalue weighted by Crippen LogP contribution is -2.25. The highest BCUT2D eigenvalue weighted by Crippen LogP contribution is 2.34. The van der Waals surface area contributed by atoms with Gasteiger partial charge in [-0.2, -0.15) is 10.1 Å². The van der Waals surface area contributed by atoms with Crippen molar-refractivity contribution in [2.45, 2.75) is 13.5 Å². The molecule has 0 bridgehead atoms. The van der Waals surface area contributed by atoms with Crippen LogP contribution in [0.5, 0.6) is 5.75 Å². The number of halogens is 6. The van der Waals surface area contributed by atoms with Gasteiger partial charge in [0, 0.05) is 4.47 Å². The Morgan fingerprint density at radius 2 is 1.44 bits per heavy atom. The van der Waals surface area contributed by atoms with Crippen LogP contribution in [0.1, 0.15) is 18.1 Å². The Kier molecular flexibility index (Phi) is 6.52. The topological polar surface area (TPSA) is 41.9 Å². The second-order valence-electron chi connectivity index (χ2n) is 7.26. The predicted octanol–water partition coefficient (Wildman–Crippen LogP) is 6.53. The third-order valence-electron chi connectivity index (χ3n) is 4.97. The van der Waals surface area contributed by atoms with Crippen molar-refractivity contribution >= 4 is 39.3 Å². The highest BCUT2D eigenvalue weighted by atomic mass is 79.9. The lowest BCUT2D eigenvalue weighted by atomic mass is 10.1. The van der Waals surface area contributed by atoms with E-state index < -0.39 is 40.7 Å². The van der Waals surface area contributed by atoms with Crippen LogP contribution < -0.4 is 9.75 Å². The zero-order valence-electron chi connectivity index (χ0n) is 17.4. The summed E-state index contributed by atoms with van der Waals surface area (Å²) in [6.07, 6.45) is 1.39. The van der Waals surface area contributed by atoms with Crippen LogP contribution >= 0.6 is 15.9 Å². The zero-order valence-corrected chi connectivity index (χ0v) is 19.0. The summed E-state index contributed by atoms with van der Waals surface area (Å²) in [7, 11) is 0. The van der Waals surface area contributed by atoms with E-state index >= 15 is 0 Å². The van der Waals surface area contributed by atoms with Crippen molar-refractivity contribution < 1.29 is 31.5 Å². The molecule has 3 aromatic carbocycles. The summed E-state index contributed by atoms with van der Waals surface area (Å²) >= 11 is 3.36. The van der Waals surface area contributed by atoms with E-state index in [4.69, 9.17) is 4.74 Å². The summed E-state index contributed by atoms with van der Waals surface area (Å²) in [6, 6.07) is 14.2. The summed E-state index contributed by atoms with van der Waals surface area (Å²) in [4.78, 5) is 12.7. The zero-order chi connectivity index (χ0) is 24.6. The van der Waals surface area contributed by atoms with Gasteiger partial charge in [0.15, 0.2) is 23.3 Å².